The second-order valence-electron chi connectivity index (χ2n) is 6.75. The zero-order valence-electron chi connectivity index (χ0n) is 15.3. The van der Waals surface area contributed by atoms with Gasteiger partial charge in [0.15, 0.2) is 0 Å². The molecule has 6 heteroatoms. The monoisotopic (exact) mass is 363 g/mol. The van der Waals surface area contributed by atoms with Crippen LogP contribution in [0.5, 0.6) is 11.5 Å². The lowest BCUT2D eigenvalue weighted by atomic mass is 10.0. The number of hydrogen-bond acceptors (Lipinski definition) is 5. The molecule has 27 heavy (non-hydrogen) atoms. The van der Waals surface area contributed by atoms with E-state index in [4.69, 9.17) is 15.1 Å². The molecule has 1 aliphatic heterocycles. The van der Waals surface area contributed by atoms with Crippen molar-refractivity contribution in [1.82, 2.24) is 0 Å². The second-order valence-corrected chi connectivity index (χ2v) is 6.75. The Labute approximate surface area is 158 Å². The third-order valence-corrected chi connectivity index (χ3v) is 4.41. The van der Waals surface area contributed by atoms with Crippen molar-refractivity contribution in [3.8, 4) is 17.6 Å². The maximum Gasteiger partial charge on any atom is 0.305 e. The normalized spacial score (nSPS) is 16.1. The molecule has 0 spiro atoms. The number of benzene rings is 2. The number of ether oxygens (including phenoxy) is 1. The molecular weight excluding hydrogens is 342 g/mol. The van der Waals surface area contributed by atoms with Gasteiger partial charge in [0, 0.05) is 6.42 Å². The number of nitrogens with zero attached hydrogens (tertiary/aromatic N) is 3. The average molecular weight is 363 g/mol. The van der Waals surface area contributed by atoms with Crippen molar-refractivity contribution in [2.45, 2.75) is 38.6 Å². The number of carboxylic acid groups (broad SMARTS) is 1. The Morgan fingerprint density at radius 1 is 1.30 bits per heavy atom. The van der Waals surface area contributed by atoms with Gasteiger partial charge in [-0.25, -0.2) is 0 Å². The SMILES string of the molecule is CC(C)c1ccccc1Oc1ccc(N2N=C(C#N)CC2CC(=O)O)cc1. The zero-order chi connectivity index (χ0) is 19.4. The van der Waals surface area contributed by atoms with Gasteiger partial charge >= 0.3 is 5.97 Å². The molecule has 3 rings (SSSR count). The van der Waals surface area contributed by atoms with Crippen LogP contribution in [0.15, 0.2) is 53.6 Å². The van der Waals surface area contributed by atoms with Crippen molar-refractivity contribution in [2.24, 2.45) is 5.10 Å². The Morgan fingerprint density at radius 3 is 2.63 bits per heavy atom. The molecule has 1 aliphatic rings. The molecule has 0 amide bonds. The van der Waals surface area contributed by atoms with E-state index in [9.17, 15) is 4.79 Å². The molecule has 1 heterocycles. The number of hydrazone groups is 1. The van der Waals surface area contributed by atoms with Crippen LogP contribution in [0.25, 0.3) is 0 Å². The van der Waals surface area contributed by atoms with Gasteiger partial charge in [0.05, 0.1) is 18.2 Å². The molecule has 2 aromatic carbocycles. The third-order valence-electron chi connectivity index (χ3n) is 4.41. The minimum Gasteiger partial charge on any atom is -0.481 e. The van der Waals surface area contributed by atoms with Gasteiger partial charge in [-0.05, 0) is 41.8 Å². The molecule has 6 nitrogen and oxygen atoms in total. The second kappa shape index (κ2) is 7.92. The first-order valence-electron chi connectivity index (χ1n) is 8.83. The largest absolute Gasteiger partial charge is 0.481 e. The molecule has 1 N–H and O–H groups in total. The molecule has 138 valence electrons. The van der Waals surface area contributed by atoms with Crippen LogP contribution >= 0.6 is 0 Å². The van der Waals surface area contributed by atoms with Crippen LogP contribution in [0.4, 0.5) is 5.69 Å². The first kappa shape index (κ1) is 18.5. The standard InChI is InChI=1S/C21H21N3O3/c1-14(2)19-5-3-4-6-20(19)27-18-9-7-16(8-10-18)24-17(12-21(25)26)11-15(13-22)23-24/h3-10,14,17H,11-12H2,1-2H3,(H,25,26). The van der Waals surface area contributed by atoms with Crippen molar-refractivity contribution in [1.29, 1.82) is 5.26 Å². The molecule has 0 bridgehead atoms. The highest BCUT2D eigenvalue weighted by molar-refractivity contribution is 6.01. The predicted octanol–water partition coefficient (Wildman–Crippen LogP) is 4.54. The van der Waals surface area contributed by atoms with Crippen LogP contribution in [-0.4, -0.2) is 22.8 Å². The minimum atomic E-state index is -0.912. The lowest BCUT2D eigenvalue weighted by Gasteiger charge is -2.22. The fourth-order valence-corrected chi connectivity index (χ4v) is 3.10. The summed E-state index contributed by atoms with van der Waals surface area (Å²) >= 11 is 0. The molecule has 0 aromatic heterocycles. The van der Waals surface area contributed by atoms with Gasteiger partial charge in [0.1, 0.15) is 23.3 Å². The Bertz CT molecular complexity index is 898. The number of rotatable bonds is 6. The lowest BCUT2D eigenvalue weighted by Crippen LogP contribution is -2.28. The van der Waals surface area contributed by atoms with Gasteiger partial charge in [-0.2, -0.15) is 10.4 Å². The maximum atomic E-state index is 11.1. The fraction of sp³-hybridized carbons (Fsp3) is 0.286. The molecule has 2 aromatic rings. The summed E-state index contributed by atoms with van der Waals surface area (Å²) in [5.74, 6) is 0.936. The highest BCUT2D eigenvalue weighted by atomic mass is 16.5. The van der Waals surface area contributed by atoms with Gasteiger partial charge < -0.3 is 9.84 Å². The van der Waals surface area contributed by atoms with E-state index < -0.39 is 5.97 Å². The van der Waals surface area contributed by atoms with Crippen LogP contribution in [0.1, 0.15) is 38.2 Å². The Kier molecular flexibility index (Phi) is 5.41. The highest BCUT2D eigenvalue weighted by Gasteiger charge is 2.29. The summed E-state index contributed by atoms with van der Waals surface area (Å²) < 4.78 is 6.02. The Balaban J connectivity index is 1.80. The van der Waals surface area contributed by atoms with Crippen molar-refractivity contribution < 1.29 is 14.6 Å². The number of hydrogen-bond donors (Lipinski definition) is 1. The molecule has 1 unspecified atom stereocenters. The number of nitriles is 1. The van der Waals surface area contributed by atoms with Crippen molar-refractivity contribution in [3.63, 3.8) is 0 Å². The average Bonchev–Trinajstić information content (AvgIpc) is 3.05. The number of carbonyl (C=O) groups is 1. The third kappa shape index (κ3) is 4.26. The first-order valence-corrected chi connectivity index (χ1v) is 8.83. The van der Waals surface area contributed by atoms with Gasteiger partial charge in [0.2, 0.25) is 0 Å². The van der Waals surface area contributed by atoms with Crippen molar-refractivity contribution >= 4 is 17.4 Å². The van der Waals surface area contributed by atoms with Crippen LogP contribution in [0, 0.1) is 11.3 Å². The predicted molar refractivity (Wildman–Crippen MR) is 103 cm³/mol. The summed E-state index contributed by atoms with van der Waals surface area (Å²) in [6.07, 6.45) is 0.261. The Morgan fingerprint density at radius 2 is 2.00 bits per heavy atom. The van der Waals surface area contributed by atoms with E-state index in [1.54, 1.807) is 5.01 Å². The lowest BCUT2D eigenvalue weighted by molar-refractivity contribution is -0.137. The van der Waals surface area contributed by atoms with Gasteiger partial charge in [-0.15, -0.1) is 0 Å². The van der Waals surface area contributed by atoms with E-state index in [1.807, 2.05) is 54.6 Å². The van der Waals surface area contributed by atoms with Gasteiger partial charge in [-0.1, -0.05) is 32.0 Å². The summed E-state index contributed by atoms with van der Waals surface area (Å²) in [5.41, 5.74) is 2.20. The van der Waals surface area contributed by atoms with Crippen LogP contribution < -0.4 is 9.75 Å². The van der Waals surface area contributed by atoms with Gasteiger partial charge in [-0.3, -0.25) is 9.80 Å². The van der Waals surface area contributed by atoms with E-state index in [0.717, 1.165) is 17.0 Å². The summed E-state index contributed by atoms with van der Waals surface area (Å²) in [6.45, 7) is 4.23. The minimum absolute atomic E-state index is 0.0747. The summed E-state index contributed by atoms with van der Waals surface area (Å²) in [5, 5.41) is 24.0. The van der Waals surface area contributed by atoms with E-state index in [1.165, 1.54) is 0 Å². The molecule has 0 saturated heterocycles. The molecule has 0 saturated carbocycles. The Hall–Kier alpha value is -3.33. The summed E-state index contributed by atoms with van der Waals surface area (Å²) in [4.78, 5) is 11.1. The molecule has 0 aliphatic carbocycles. The fourth-order valence-electron chi connectivity index (χ4n) is 3.10. The maximum absolute atomic E-state index is 11.1. The zero-order valence-corrected chi connectivity index (χ0v) is 15.3. The molecule has 1 atom stereocenters. The van der Waals surface area contributed by atoms with E-state index >= 15 is 0 Å². The topological polar surface area (TPSA) is 85.9 Å². The van der Waals surface area contributed by atoms with Crippen molar-refractivity contribution in [2.75, 3.05) is 5.01 Å². The summed E-state index contributed by atoms with van der Waals surface area (Å²) in [6, 6.07) is 16.9. The van der Waals surface area contributed by atoms with Crippen molar-refractivity contribution in [3.05, 3.63) is 54.1 Å². The highest BCUT2D eigenvalue weighted by Crippen LogP contribution is 2.32. The van der Waals surface area contributed by atoms with Crippen LogP contribution in [0.3, 0.4) is 0 Å². The quantitative estimate of drug-likeness (QED) is 0.814. The van der Waals surface area contributed by atoms with Gasteiger partial charge in [0.25, 0.3) is 0 Å². The van der Waals surface area contributed by atoms with Crippen LogP contribution in [-0.2, 0) is 4.79 Å². The summed E-state index contributed by atoms with van der Waals surface area (Å²) in [7, 11) is 0. The van der Waals surface area contributed by atoms with E-state index in [0.29, 0.717) is 23.8 Å². The number of carboxylic acids is 1. The number of para-hydroxylation sites is 1. The molecular formula is C21H21N3O3. The van der Waals surface area contributed by atoms with Crippen LogP contribution in [0.2, 0.25) is 0 Å². The number of aliphatic carboxylic acids is 1. The molecule has 0 radical (unpaired) electrons. The van der Waals surface area contributed by atoms with E-state index in [2.05, 4.69) is 18.9 Å². The first-order chi connectivity index (χ1) is 13.0. The van der Waals surface area contributed by atoms with E-state index in [-0.39, 0.29) is 12.5 Å². The smallest absolute Gasteiger partial charge is 0.305 e. The molecule has 0 fully saturated rings. The number of anilines is 1.